The van der Waals surface area contributed by atoms with Gasteiger partial charge in [-0.1, -0.05) is 23.7 Å². The van der Waals surface area contributed by atoms with Gasteiger partial charge in [-0.3, -0.25) is 9.89 Å². The van der Waals surface area contributed by atoms with E-state index in [0.717, 1.165) is 16.8 Å². The van der Waals surface area contributed by atoms with Crippen molar-refractivity contribution >= 4 is 17.2 Å². The molecule has 29 heavy (non-hydrogen) atoms. The highest BCUT2D eigenvalue weighted by Gasteiger charge is 2.17. The first-order valence-corrected chi connectivity index (χ1v) is 9.35. The molecule has 0 amide bonds. The molecule has 150 valence electrons. The van der Waals surface area contributed by atoms with Crippen LogP contribution < -0.4 is 10.3 Å². The number of rotatable bonds is 7. The molecule has 0 radical (unpaired) electrons. The number of H-pyrrole nitrogens is 1. The molecule has 0 saturated heterocycles. The SMILES string of the molecule is COCc1[nH]n2c(=O)cc(CCc3cc(OC)no3)nc2c1-c1ccc(Cl)cc1. The second-order valence-electron chi connectivity index (χ2n) is 6.49. The summed E-state index contributed by atoms with van der Waals surface area (Å²) in [7, 11) is 3.13. The van der Waals surface area contributed by atoms with Crippen LogP contribution in [-0.2, 0) is 24.2 Å². The summed E-state index contributed by atoms with van der Waals surface area (Å²) < 4.78 is 17.0. The Morgan fingerprint density at radius 2 is 1.97 bits per heavy atom. The van der Waals surface area contributed by atoms with Crippen LogP contribution in [0.4, 0.5) is 0 Å². The Morgan fingerprint density at radius 3 is 2.66 bits per heavy atom. The molecule has 0 bridgehead atoms. The zero-order valence-corrected chi connectivity index (χ0v) is 16.7. The van der Waals surface area contributed by atoms with Crippen molar-refractivity contribution in [3.05, 3.63) is 68.9 Å². The van der Waals surface area contributed by atoms with Gasteiger partial charge in [0.05, 0.1) is 19.4 Å². The van der Waals surface area contributed by atoms with Gasteiger partial charge in [0.15, 0.2) is 5.65 Å². The number of hydrogen-bond donors (Lipinski definition) is 1. The third-order valence-electron chi connectivity index (χ3n) is 4.54. The van der Waals surface area contributed by atoms with Crippen LogP contribution in [-0.4, -0.2) is 34.0 Å². The fourth-order valence-corrected chi connectivity index (χ4v) is 3.31. The van der Waals surface area contributed by atoms with E-state index in [1.807, 2.05) is 12.1 Å². The molecule has 1 aromatic carbocycles. The van der Waals surface area contributed by atoms with E-state index in [-0.39, 0.29) is 5.56 Å². The fourth-order valence-electron chi connectivity index (χ4n) is 3.19. The lowest BCUT2D eigenvalue weighted by molar-refractivity contribution is 0.181. The molecule has 1 N–H and O–H groups in total. The number of aromatic amines is 1. The first kappa shape index (κ1) is 19.2. The number of hydrogen-bond acceptors (Lipinski definition) is 6. The number of fused-ring (bicyclic) bond motifs is 1. The van der Waals surface area contributed by atoms with E-state index < -0.39 is 0 Å². The standard InChI is InChI=1S/C20H19ClN4O4/c1-27-11-16-19(12-3-5-13(21)6-4-12)20-22-14(9-18(26)25(20)23-16)7-8-15-10-17(28-2)24-29-15/h3-6,9-10,23H,7-8,11H2,1-2H3. The van der Waals surface area contributed by atoms with Gasteiger partial charge in [-0.15, -0.1) is 0 Å². The van der Waals surface area contributed by atoms with Crippen molar-refractivity contribution in [2.45, 2.75) is 19.4 Å². The minimum Gasteiger partial charge on any atom is -0.479 e. The van der Waals surface area contributed by atoms with Gasteiger partial charge in [-0.2, -0.15) is 0 Å². The molecular formula is C20H19ClN4O4. The molecule has 0 atom stereocenters. The van der Waals surface area contributed by atoms with E-state index >= 15 is 0 Å². The quantitative estimate of drug-likeness (QED) is 0.498. The molecule has 0 saturated carbocycles. The highest BCUT2D eigenvalue weighted by molar-refractivity contribution is 6.30. The second kappa shape index (κ2) is 8.10. The third kappa shape index (κ3) is 3.90. The molecule has 0 aliphatic carbocycles. The monoisotopic (exact) mass is 414 g/mol. The summed E-state index contributed by atoms with van der Waals surface area (Å²) in [6, 6.07) is 10.6. The highest BCUT2D eigenvalue weighted by atomic mass is 35.5. The Bertz CT molecular complexity index is 1190. The van der Waals surface area contributed by atoms with Gasteiger partial charge in [0, 0.05) is 41.9 Å². The van der Waals surface area contributed by atoms with Gasteiger partial charge in [0.25, 0.3) is 11.4 Å². The zero-order chi connectivity index (χ0) is 20.4. The lowest BCUT2D eigenvalue weighted by atomic mass is 10.1. The average Bonchev–Trinajstić information content (AvgIpc) is 3.32. The maximum Gasteiger partial charge on any atom is 0.272 e. The molecule has 0 aliphatic rings. The van der Waals surface area contributed by atoms with E-state index in [1.54, 1.807) is 25.3 Å². The Labute approximate surface area is 171 Å². The van der Waals surface area contributed by atoms with Gasteiger partial charge < -0.3 is 14.0 Å². The number of nitrogens with zero attached hydrogens (tertiary/aromatic N) is 3. The van der Waals surface area contributed by atoms with Gasteiger partial charge in [-0.05, 0) is 29.3 Å². The minimum atomic E-state index is -0.197. The largest absolute Gasteiger partial charge is 0.479 e. The first-order chi connectivity index (χ1) is 14.1. The Hall–Kier alpha value is -3.10. The fraction of sp³-hybridized carbons (Fsp3) is 0.250. The van der Waals surface area contributed by atoms with Crippen molar-refractivity contribution in [2.75, 3.05) is 14.2 Å². The minimum absolute atomic E-state index is 0.197. The van der Waals surface area contributed by atoms with Gasteiger partial charge in [-0.25, -0.2) is 9.50 Å². The van der Waals surface area contributed by atoms with Crippen LogP contribution in [0.5, 0.6) is 5.88 Å². The third-order valence-corrected chi connectivity index (χ3v) is 4.79. The van der Waals surface area contributed by atoms with Crippen LogP contribution in [0.3, 0.4) is 0 Å². The summed E-state index contributed by atoms with van der Waals surface area (Å²) in [5.74, 6) is 1.08. The van der Waals surface area contributed by atoms with E-state index in [4.69, 9.17) is 30.6 Å². The van der Waals surface area contributed by atoms with E-state index in [2.05, 4.69) is 10.3 Å². The molecule has 4 aromatic rings. The van der Waals surface area contributed by atoms with Gasteiger partial charge in [0.1, 0.15) is 5.76 Å². The molecule has 3 heterocycles. The predicted molar refractivity (Wildman–Crippen MR) is 107 cm³/mol. The van der Waals surface area contributed by atoms with E-state index in [9.17, 15) is 4.79 Å². The van der Waals surface area contributed by atoms with Crippen LogP contribution in [0.15, 0.2) is 45.7 Å². The molecule has 3 aromatic heterocycles. The molecular weight excluding hydrogens is 396 g/mol. The lowest BCUT2D eigenvalue weighted by Gasteiger charge is -2.04. The zero-order valence-electron chi connectivity index (χ0n) is 15.9. The van der Waals surface area contributed by atoms with E-state index in [0.29, 0.717) is 47.5 Å². The number of aryl methyl sites for hydroxylation is 2. The van der Waals surface area contributed by atoms with Crippen molar-refractivity contribution in [1.82, 2.24) is 19.8 Å². The summed E-state index contributed by atoms with van der Waals surface area (Å²) in [6.07, 6.45) is 1.07. The summed E-state index contributed by atoms with van der Waals surface area (Å²) in [5.41, 5.74) is 3.46. The predicted octanol–water partition coefficient (Wildman–Crippen LogP) is 3.27. The first-order valence-electron chi connectivity index (χ1n) is 8.97. The molecule has 0 aliphatic heterocycles. The summed E-state index contributed by atoms with van der Waals surface area (Å²) in [4.78, 5) is 17.4. The van der Waals surface area contributed by atoms with Gasteiger partial charge in [0.2, 0.25) is 0 Å². The molecule has 4 rings (SSSR count). The Balaban J connectivity index is 1.75. The number of nitrogens with one attached hydrogen (secondary N) is 1. The average molecular weight is 415 g/mol. The van der Waals surface area contributed by atoms with Crippen LogP contribution in [0, 0.1) is 0 Å². The van der Waals surface area contributed by atoms with Crippen LogP contribution in [0.2, 0.25) is 5.02 Å². The molecule has 0 unspecified atom stereocenters. The van der Waals surface area contributed by atoms with E-state index in [1.165, 1.54) is 17.7 Å². The normalized spacial score (nSPS) is 11.3. The van der Waals surface area contributed by atoms with Crippen LogP contribution >= 0.6 is 11.6 Å². The van der Waals surface area contributed by atoms with Crippen molar-refractivity contribution in [2.24, 2.45) is 0 Å². The molecule has 0 spiro atoms. The van der Waals surface area contributed by atoms with Crippen molar-refractivity contribution in [1.29, 1.82) is 0 Å². The topological polar surface area (TPSA) is 94.7 Å². The van der Waals surface area contributed by atoms with Gasteiger partial charge >= 0.3 is 0 Å². The summed E-state index contributed by atoms with van der Waals surface area (Å²) in [6.45, 7) is 0.313. The van der Waals surface area contributed by atoms with Crippen molar-refractivity contribution in [3.8, 4) is 17.0 Å². The molecule has 8 nitrogen and oxygen atoms in total. The number of halogens is 1. The Morgan fingerprint density at radius 1 is 1.17 bits per heavy atom. The number of methoxy groups -OCH3 is 2. The maximum atomic E-state index is 12.7. The van der Waals surface area contributed by atoms with Crippen molar-refractivity contribution < 1.29 is 14.0 Å². The number of benzene rings is 1. The van der Waals surface area contributed by atoms with Crippen LogP contribution in [0.1, 0.15) is 17.1 Å². The maximum absolute atomic E-state index is 12.7. The Kier molecular flexibility index (Phi) is 5.37. The smallest absolute Gasteiger partial charge is 0.272 e. The van der Waals surface area contributed by atoms with Crippen LogP contribution in [0.25, 0.3) is 16.8 Å². The summed E-state index contributed by atoms with van der Waals surface area (Å²) >= 11 is 6.03. The lowest BCUT2D eigenvalue weighted by Crippen LogP contribution is -2.16. The molecule has 0 fully saturated rings. The summed E-state index contributed by atoms with van der Waals surface area (Å²) in [5, 5.41) is 7.52. The highest BCUT2D eigenvalue weighted by Crippen LogP contribution is 2.28. The van der Waals surface area contributed by atoms with Crippen molar-refractivity contribution in [3.63, 3.8) is 0 Å². The molecule has 9 heteroatoms. The number of ether oxygens (including phenoxy) is 2. The second-order valence-corrected chi connectivity index (χ2v) is 6.92. The number of aromatic nitrogens is 4.